The number of benzene rings is 1. The lowest BCUT2D eigenvalue weighted by Crippen LogP contribution is -2.04. The Morgan fingerprint density at radius 3 is 2.50 bits per heavy atom. The molecule has 0 unspecified atom stereocenters. The molecule has 0 N–H and O–H groups in total. The highest BCUT2D eigenvalue weighted by atomic mass is 32.1. The van der Waals surface area contributed by atoms with Crippen molar-refractivity contribution in [3.63, 3.8) is 0 Å². The summed E-state index contributed by atoms with van der Waals surface area (Å²) in [6.45, 7) is 2.47. The zero-order chi connectivity index (χ0) is 17.2. The summed E-state index contributed by atoms with van der Waals surface area (Å²) in [6.07, 6.45) is -1.04. The third-order valence-corrected chi connectivity index (χ3v) is 4.16. The van der Waals surface area contributed by atoms with Crippen LogP contribution in [0.15, 0.2) is 53.8 Å². The molecule has 1 aromatic carbocycles. The van der Waals surface area contributed by atoms with E-state index in [1.807, 2.05) is 16.9 Å². The summed E-state index contributed by atoms with van der Waals surface area (Å²) in [5, 5.41) is 0. The fraction of sp³-hybridized carbons (Fsp3) is 0.188. The van der Waals surface area contributed by atoms with Crippen molar-refractivity contribution in [1.82, 2.24) is 13.9 Å². The van der Waals surface area contributed by atoms with Crippen molar-refractivity contribution < 1.29 is 13.2 Å². The van der Waals surface area contributed by atoms with E-state index in [4.69, 9.17) is 0 Å². The summed E-state index contributed by atoms with van der Waals surface area (Å²) >= 11 is 1.32. The van der Waals surface area contributed by atoms with Gasteiger partial charge in [0.25, 0.3) is 0 Å². The zero-order valence-corrected chi connectivity index (χ0v) is 13.5. The van der Waals surface area contributed by atoms with Crippen molar-refractivity contribution in [3.8, 4) is 17.1 Å². The first-order valence-electron chi connectivity index (χ1n) is 7.18. The highest BCUT2D eigenvalue weighted by Gasteiger charge is 2.30. The molecule has 24 heavy (non-hydrogen) atoms. The van der Waals surface area contributed by atoms with E-state index in [0.29, 0.717) is 22.7 Å². The Morgan fingerprint density at radius 1 is 1.17 bits per heavy atom. The molecular formula is C16H13F3N4S. The second-order valence-corrected chi connectivity index (χ2v) is 5.78. The molecule has 0 aliphatic rings. The van der Waals surface area contributed by atoms with Crippen LogP contribution in [0.1, 0.15) is 12.5 Å². The van der Waals surface area contributed by atoms with E-state index in [9.17, 15) is 13.2 Å². The lowest BCUT2D eigenvalue weighted by atomic mass is 10.1. The number of hydrogen-bond acceptors (Lipinski definition) is 4. The molecule has 124 valence electrons. The Balaban J connectivity index is 2.12. The minimum Gasteiger partial charge on any atom is -0.263 e. The average molecular weight is 350 g/mol. The van der Waals surface area contributed by atoms with Gasteiger partial charge in [-0.3, -0.25) is 9.98 Å². The van der Waals surface area contributed by atoms with Crippen LogP contribution in [0, 0.1) is 0 Å². The van der Waals surface area contributed by atoms with Gasteiger partial charge in [0.2, 0.25) is 4.80 Å². The standard InChI is InChI=1S/C16H13F3N4S/c1-2-21-15-22-14(23(24-15)13-4-3-9-20-10-13)11-5-7-12(8-6-11)16(17,18)19/h3-10H,2H2,1H3. The van der Waals surface area contributed by atoms with E-state index in [1.165, 1.54) is 23.7 Å². The lowest BCUT2D eigenvalue weighted by Gasteiger charge is -2.08. The smallest absolute Gasteiger partial charge is 0.263 e. The molecular weight excluding hydrogens is 337 g/mol. The molecule has 2 aromatic heterocycles. The van der Waals surface area contributed by atoms with Crippen LogP contribution in [0.4, 0.5) is 13.2 Å². The zero-order valence-electron chi connectivity index (χ0n) is 12.7. The molecule has 0 bridgehead atoms. The Kier molecular flexibility index (Phi) is 4.48. The van der Waals surface area contributed by atoms with Crippen LogP contribution in [0.2, 0.25) is 0 Å². The normalized spacial score (nSPS) is 12.6. The molecule has 0 fully saturated rings. The molecule has 3 rings (SSSR count). The monoisotopic (exact) mass is 350 g/mol. The van der Waals surface area contributed by atoms with Crippen LogP contribution < -0.4 is 4.80 Å². The summed E-state index contributed by atoms with van der Waals surface area (Å²) in [4.78, 5) is 13.4. The van der Waals surface area contributed by atoms with Gasteiger partial charge in [0.1, 0.15) is 0 Å². The van der Waals surface area contributed by atoms with E-state index >= 15 is 0 Å². The first kappa shape index (κ1) is 16.4. The van der Waals surface area contributed by atoms with Crippen molar-refractivity contribution in [2.75, 3.05) is 6.54 Å². The van der Waals surface area contributed by atoms with Gasteiger partial charge in [-0.25, -0.2) is 3.96 Å². The Bertz CT molecular complexity index is 880. The van der Waals surface area contributed by atoms with Gasteiger partial charge in [0.15, 0.2) is 5.82 Å². The van der Waals surface area contributed by atoms with Crippen LogP contribution in [0.25, 0.3) is 17.1 Å². The molecule has 0 saturated heterocycles. The first-order valence-corrected chi connectivity index (χ1v) is 7.95. The summed E-state index contributed by atoms with van der Waals surface area (Å²) in [7, 11) is 0. The molecule has 3 aromatic rings. The van der Waals surface area contributed by atoms with Crippen molar-refractivity contribution in [3.05, 3.63) is 59.2 Å². The van der Waals surface area contributed by atoms with Gasteiger partial charge in [-0.15, -0.1) is 0 Å². The maximum atomic E-state index is 12.7. The molecule has 8 heteroatoms. The van der Waals surface area contributed by atoms with E-state index < -0.39 is 11.7 Å². The molecule has 4 nitrogen and oxygen atoms in total. The van der Waals surface area contributed by atoms with Crippen LogP contribution in [-0.2, 0) is 6.18 Å². The minimum atomic E-state index is -4.36. The quantitative estimate of drug-likeness (QED) is 0.718. The average Bonchev–Trinajstić information content (AvgIpc) is 2.99. The summed E-state index contributed by atoms with van der Waals surface area (Å²) in [6, 6.07) is 8.59. The number of aromatic nitrogens is 3. The van der Waals surface area contributed by atoms with Crippen LogP contribution in [0.3, 0.4) is 0 Å². The van der Waals surface area contributed by atoms with Gasteiger partial charge in [-0.05, 0) is 42.7 Å². The number of nitrogens with zero attached hydrogens (tertiary/aromatic N) is 4. The predicted octanol–water partition coefficient (Wildman–Crippen LogP) is 3.94. The lowest BCUT2D eigenvalue weighted by molar-refractivity contribution is -0.137. The van der Waals surface area contributed by atoms with Crippen LogP contribution >= 0.6 is 11.5 Å². The number of rotatable bonds is 3. The van der Waals surface area contributed by atoms with E-state index in [2.05, 4.69) is 15.0 Å². The topological polar surface area (TPSA) is 43.1 Å². The van der Waals surface area contributed by atoms with E-state index in [0.717, 1.165) is 17.8 Å². The van der Waals surface area contributed by atoms with Gasteiger partial charge in [-0.1, -0.05) is 12.1 Å². The van der Waals surface area contributed by atoms with Crippen molar-refractivity contribution >= 4 is 11.5 Å². The van der Waals surface area contributed by atoms with Gasteiger partial charge < -0.3 is 0 Å². The highest BCUT2D eigenvalue weighted by molar-refractivity contribution is 7.04. The van der Waals surface area contributed by atoms with E-state index in [1.54, 1.807) is 18.5 Å². The fourth-order valence-electron chi connectivity index (χ4n) is 2.12. The van der Waals surface area contributed by atoms with Gasteiger partial charge >= 0.3 is 6.18 Å². The molecule has 0 saturated carbocycles. The SMILES string of the molecule is CCN=c1nc(-c2ccc(C(F)(F)F)cc2)n(-c2cccnc2)s1. The van der Waals surface area contributed by atoms with Crippen molar-refractivity contribution in [2.24, 2.45) is 4.99 Å². The van der Waals surface area contributed by atoms with Gasteiger partial charge in [-0.2, -0.15) is 18.2 Å². The van der Waals surface area contributed by atoms with Gasteiger partial charge in [0, 0.05) is 18.3 Å². The molecule has 2 heterocycles. The first-order chi connectivity index (χ1) is 11.5. The molecule has 0 aliphatic carbocycles. The Hall–Kier alpha value is -2.48. The Labute approximate surface area is 140 Å². The van der Waals surface area contributed by atoms with Crippen LogP contribution in [-0.4, -0.2) is 20.5 Å². The predicted molar refractivity (Wildman–Crippen MR) is 85.8 cm³/mol. The maximum absolute atomic E-state index is 12.7. The second-order valence-electron chi connectivity index (χ2n) is 4.86. The van der Waals surface area contributed by atoms with Crippen molar-refractivity contribution in [2.45, 2.75) is 13.1 Å². The highest BCUT2D eigenvalue weighted by Crippen LogP contribution is 2.31. The number of hydrogen-bond donors (Lipinski definition) is 0. The maximum Gasteiger partial charge on any atom is 0.416 e. The third kappa shape index (κ3) is 3.38. The summed E-state index contributed by atoms with van der Waals surface area (Å²) < 4.78 is 40.0. The van der Waals surface area contributed by atoms with Gasteiger partial charge in [0.05, 0.1) is 17.4 Å². The second kappa shape index (κ2) is 6.56. The molecule has 0 spiro atoms. The molecule has 0 amide bonds. The van der Waals surface area contributed by atoms with Crippen molar-refractivity contribution in [1.29, 1.82) is 0 Å². The fourth-order valence-corrected chi connectivity index (χ4v) is 3.04. The summed E-state index contributed by atoms with van der Waals surface area (Å²) in [5.74, 6) is 0.536. The van der Waals surface area contributed by atoms with Crippen LogP contribution in [0.5, 0.6) is 0 Å². The van der Waals surface area contributed by atoms with E-state index in [-0.39, 0.29) is 0 Å². The number of alkyl halides is 3. The number of halogens is 3. The number of pyridine rings is 1. The summed E-state index contributed by atoms with van der Waals surface area (Å²) in [5.41, 5.74) is 0.677. The molecule has 0 radical (unpaired) electrons. The third-order valence-electron chi connectivity index (χ3n) is 3.21. The molecule has 0 atom stereocenters. The molecule has 0 aliphatic heterocycles. The minimum absolute atomic E-state index is 0.536. The Morgan fingerprint density at radius 2 is 1.92 bits per heavy atom. The largest absolute Gasteiger partial charge is 0.416 e.